The molecule has 1 unspecified atom stereocenters. The molecule has 23 heavy (non-hydrogen) atoms. The summed E-state index contributed by atoms with van der Waals surface area (Å²) in [6, 6.07) is 6.50. The fourth-order valence-electron chi connectivity index (χ4n) is 2.51. The molecular weight excluding hydrogens is 312 g/mol. The van der Waals surface area contributed by atoms with Crippen molar-refractivity contribution in [2.24, 2.45) is 0 Å². The van der Waals surface area contributed by atoms with Crippen LogP contribution in [-0.4, -0.2) is 29.3 Å². The van der Waals surface area contributed by atoms with Gasteiger partial charge in [0.15, 0.2) is 9.84 Å². The van der Waals surface area contributed by atoms with E-state index in [1.54, 1.807) is 30.5 Å². The third-order valence-corrected chi connectivity index (χ3v) is 5.02. The van der Waals surface area contributed by atoms with Gasteiger partial charge in [-0.15, -0.1) is 0 Å². The van der Waals surface area contributed by atoms with E-state index in [1.165, 1.54) is 6.26 Å². The minimum Gasteiger partial charge on any atom is -0.388 e. The van der Waals surface area contributed by atoms with Gasteiger partial charge in [0.25, 0.3) is 0 Å². The summed E-state index contributed by atoms with van der Waals surface area (Å²) in [5.74, 6) is 0. The molecule has 126 valence electrons. The van der Waals surface area contributed by atoms with Crippen molar-refractivity contribution in [3.63, 3.8) is 0 Å². The van der Waals surface area contributed by atoms with Crippen LogP contribution in [0.15, 0.2) is 47.9 Å². The minimum absolute atomic E-state index is 0.285. The van der Waals surface area contributed by atoms with Crippen molar-refractivity contribution in [2.45, 2.75) is 49.6 Å². The van der Waals surface area contributed by atoms with Gasteiger partial charge in [0.1, 0.15) is 0 Å². The Labute approximate surface area is 137 Å². The summed E-state index contributed by atoms with van der Waals surface area (Å²) in [5.41, 5.74) is 0.774. The monoisotopic (exact) mass is 336 g/mol. The van der Waals surface area contributed by atoms with Crippen molar-refractivity contribution in [3.05, 3.63) is 48.5 Å². The molecule has 2 aromatic rings. The normalized spacial score (nSPS) is 13.1. The molecule has 1 aromatic carbocycles. The number of sulfone groups is 1. The molecule has 0 aliphatic heterocycles. The quantitative estimate of drug-likeness (QED) is 0.715. The largest absolute Gasteiger partial charge is 0.388 e. The van der Waals surface area contributed by atoms with Crippen molar-refractivity contribution >= 4 is 9.84 Å². The van der Waals surface area contributed by atoms with Gasteiger partial charge in [-0.3, -0.25) is 0 Å². The first-order valence-electron chi connectivity index (χ1n) is 7.90. The molecule has 5 nitrogen and oxygen atoms in total. The van der Waals surface area contributed by atoms with Crippen molar-refractivity contribution in [3.8, 4) is 0 Å². The number of imidazole rings is 1. The minimum atomic E-state index is -3.18. The lowest BCUT2D eigenvalue weighted by Crippen LogP contribution is -2.00. The fraction of sp³-hybridized carbons (Fsp3) is 0.471. The van der Waals surface area contributed by atoms with Crippen LogP contribution >= 0.6 is 0 Å². The Kier molecular flexibility index (Phi) is 6.36. The molecule has 0 saturated heterocycles. The molecule has 2 rings (SSSR count). The molecule has 0 aliphatic rings. The van der Waals surface area contributed by atoms with Crippen molar-refractivity contribution in [1.29, 1.82) is 0 Å². The van der Waals surface area contributed by atoms with E-state index in [-0.39, 0.29) is 4.90 Å². The summed E-state index contributed by atoms with van der Waals surface area (Å²) in [4.78, 5) is 4.29. The van der Waals surface area contributed by atoms with Gasteiger partial charge in [-0.25, -0.2) is 13.4 Å². The first-order valence-corrected chi connectivity index (χ1v) is 9.80. The number of aliphatic hydroxyl groups excluding tert-OH is 1. The number of aromatic nitrogens is 2. The molecule has 1 heterocycles. The van der Waals surface area contributed by atoms with Gasteiger partial charge in [-0.1, -0.05) is 31.4 Å². The molecule has 0 aliphatic carbocycles. The van der Waals surface area contributed by atoms with Crippen LogP contribution in [0.2, 0.25) is 0 Å². The second kappa shape index (κ2) is 8.26. The molecular formula is C17H24N2O3S. The summed E-state index contributed by atoms with van der Waals surface area (Å²) in [7, 11) is -3.18. The Hall–Kier alpha value is -1.66. The second-order valence-electron chi connectivity index (χ2n) is 5.86. The third-order valence-electron chi connectivity index (χ3n) is 3.90. The lowest BCUT2D eigenvalue weighted by molar-refractivity contribution is 0.163. The predicted molar refractivity (Wildman–Crippen MR) is 89.8 cm³/mol. The Balaban J connectivity index is 1.67. The van der Waals surface area contributed by atoms with Crippen LogP contribution < -0.4 is 0 Å². The number of aryl methyl sites for hydroxylation is 1. The third kappa shape index (κ3) is 5.80. The maximum absolute atomic E-state index is 11.4. The second-order valence-corrected chi connectivity index (χ2v) is 7.88. The lowest BCUT2D eigenvalue weighted by Gasteiger charge is -2.11. The predicted octanol–water partition coefficient (Wildman–Crippen LogP) is 2.97. The first-order chi connectivity index (χ1) is 11.0. The molecule has 0 saturated carbocycles. The standard InChI is InChI=1S/C17H24N2O3S/c1-23(21,22)16-9-7-15(8-10-16)17(20)6-4-2-3-5-12-19-13-11-18-14-19/h7-11,13-14,17,20H,2-6,12H2,1H3. The van der Waals surface area contributed by atoms with E-state index in [0.29, 0.717) is 6.42 Å². The van der Waals surface area contributed by atoms with Crippen molar-refractivity contribution in [1.82, 2.24) is 9.55 Å². The molecule has 6 heteroatoms. The zero-order valence-electron chi connectivity index (χ0n) is 13.4. The highest BCUT2D eigenvalue weighted by molar-refractivity contribution is 7.90. The number of rotatable bonds is 9. The number of aliphatic hydroxyl groups is 1. The molecule has 0 spiro atoms. The average molecular weight is 336 g/mol. The van der Waals surface area contributed by atoms with Crippen LogP contribution in [0.5, 0.6) is 0 Å². The average Bonchev–Trinajstić information content (AvgIpc) is 3.03. The molecule has 1 aromatic heterocycles. The molecule has 0 bridgehead atoms. The topological polar surface area (TPSA) is 72.2 Å². The zero-order valence-corrected chi connectivity index (χ0v) is 14.2. The number of hydrogen-bond acceptors (Lipinski definition) is 4. The smallest absolute Gasteiger partial charge is 0.175 e. The summed E-state index contributed by atoms with van der Waals surface area (Å²) in [6.07, 6.45) is 11.2. The van der Waals surface area contributed by atoms with Crippen LogP contribution in [-0.2, 0) is 16.4 Å². The van der Waals surface area contributed by atoms with E-state index < -0.39 is 15.9 Å². The van der Waals surface area contributed by atoms with Crippen LogP contribution in [0, 0.1) is 0 Å². The Morgan fingerprint density at radius 3 is 2.43 bits per heavy atom. The van der Waals surface area contributed by atoms with E-state index in [2.05, 4.69) is 9.55 Å². The highest BCUT2D eigenvalue weighted by Gasteiger charge is 2.10. The molecule has 0 fully saturated rings. The summed E-state index contributed by atoms with van der Waals surface area (Å²) in [6.45, 7) is 0.982. The number of nitrogens with zero attached hydrogens (tertiary/aromatic N) is 2. The maximum Gasteiger partial charge on any atom is 0.175 e. The summed E-state index contributed by atoms with van der Waals surface area (Å²) < 4.78 is 24.9. The van der Waals surface area contributed by atoms with Crippen LogP contribution in [0.3, 0.4) is 0 Å². The highest BCUT2D eigenvalue weighted by Crippen LogP contribution is 2.21. The van der Waals surface area contributed by atoms with E-state index in [4.69, 9.17) is 0 Å². The molecule has 0 amide bonds. The summed E-state index contributed by atoms with van der Waals surface area (Å²) >= 11 is 0. The lowest BCUT2D eigenvalue weighted by atomic mass is 10.0. The van der Waals surface area contributed by atoms with Crippen LogP contribution in [0.4, 0.5) is 0 Å². The Morgan fingerprint density at radius 2 is 1.83 bits per heavy atom. The van der Waals surface area contributed by atoms with Crippen LogP contribution in [0.25, 0.3) is 0 Å². The zero-order chi connectivity index (χ0) is 16.7. The number of hydrogen-bond donors (Lipinski definition) is 1. The van der Waals surface area contributed by atoms with Gasteiger partial charge in [-0.05, 0) is 30.5 Å². The molecule has 1 atom stereocenters. The van der Waals surface area contributed by atoms with Gasteiger partial charge >= 0.3 is 0 Å². The Bertz CT molecular complexity index is 679. The van der Waals surface area contributed by atoms with Crippen molar-refractivity contribution < 1.29 is 13.5 Å². The van der Waals surface area contributed by atoms with Crippen molar-refractivity contribution in [2.75, 3.05) is 6.26 Å². The number of benzene rings is 1. The van der Waals surface area contributed by atoms with Gasteiger partial charge in [0.05, 0.1) is 17.3 Å². The SMILES string of the molecule is CS(=O)(=O)c1ccc(C(O)CCCCCCn2ccnc2)cc1. The maximum atomic E-state index is 11.4. The van der Waals surface area contributed by atoms with E-state index in [0.717, 1.165) is 37.8 Å². The summed E-state index contributed by atoms with van der Waals surface area (Å²) in [5, 5.41) is 10.2. The van der Waals surface area contributed by atoms with E-state index >= 15 is 0 Å². The van der Waals surface area contributed by atoms with Gasteiger partial charge in [-0.2, -0.15) is 0 Å². The first kappa shape index (κ1) is 17.7. The van der Waals surface area contributed by atoms with E-state index in [1.807, 2.05) is 12.5 Å². The Morgan fingerprint density at radius 1 is 1.13 bits per heavy atom. The fourth-order valence-corrected chi connectivity index (χ4v) is 3.14. The number of unbranched alkanes of at least 4 members (excludes halogenated alkanes) is 3. The van der Waals surface area contributed by atoms with E-state index in [9.17, 15) is 13.5 Å². The highest BCUT2D eigenvalue weighted by atomic mass is 32.2. The van der Waals surface area contributed by atoms with Gasteiger partial charge in [0, 0.05) is 25.2 Å². The van der Waals surface area contributed by atoms with Crippen LogP contribution in [0.1, 0.15) is 43.8 Å². The molecule has 1 N–H and O–H groups in total. The molecule has 0 radical (unpaired) electrons. The van der Waals surface area contributed by atoms with Gasteiger partial charge in [0.2, 0.25) is 0 Å². The van der Waals surface area contributed by atoms with Gasteiger partial charge < -0.3 is 9.67 Å².